The molecule has 0 amide bonds. The first kappa shape index (κ1) is 23.3. The highest BCUT2D eigenvalue weighted by molar-refractivity contribution is 6.22. The van der Waals surface area contributed by atoms with Gasteiger partial charge in [0.05, 0.1) is 11.5 Å². The van der Waals surface area contributed by atoms with Crippen molar-refractivity contribution in [3.8, 4) is 0 Å². The van der Waals surface area contributed by atoms with Gasteiger partial charge in [-0.05, 0) is 24.3 Å². The number of benzene rings is 1. The van der Waals surface area contributed by atoms with E-state index in [2.05, 4.69) is 4.99 Å². The smallest absolute Gasteiger partial charge is 0.328 e. The number of hydrogen-bond acceptors (Lipinski definition) is 6. The number of carboxylic acids is 1. The molecule has 0 bridgehead atoms. The average Bonchev–Trinajstić information content (AvgIpc) is 2.64. The molecule has 1 unspecified atom stereocenters. The second-order valence-corrected chi connectivity index (χ2v) is 8.56. The van der Waals surface area contributed by atoms with Crippen molar-refractivity contribution in [3.63, 3.8) is 0 Å². The summed E-state index contributed by atoms with van der Waals surface area (Å²) in [6, 6.07) is 7.96. The van der Waals surface area contributed by atoms with Crippen LogP contribution in [-0.4, -0.2) is 39.7 Å². The maximum atomic E-state index is 12.4. The zero-order valence-electron chi connectivity index (χ0n) is 17.8. The van der Waals surface area contributed by atoms with Crippen molar-refractivity contribution in [2.75, 3.05) is 0 Å². The lowest BCUT2D eigenvalue weighted by Crippen LogP contribution is -2.30. The Bertz CT molecular complexity index is 869. The first-order valence-electron chi connectivity index (χ1n) is 9.93. The van der Waals surface area contributed by atoms with Crippen LogP contribution in [0.4, 0.5) is 0 Å². The highest BCUT2D eigenvalue weighted by atomic mass is 16.5. The number of carbonyl (C=O) groups excluding carboxylic acids is 2. The number of aliphatic imine (C=N–C) groups is 1. The second kappa shape index (κ2) is 9.69. The van der Waals surface area contributed by atoms with Crippen LogP contribution in [0.15, 0.2) is 46.7 Å². The van der Waals surface area contributed by atoms with E-state index in [-0.39, 0.29) is 47.7 Å². The fourth-order valence-electron chi connectivity index (χ4n) is 3.51. The van der Waals surface area contributed by atoms with Crippen LogP contribution in [0.3, 0.4) is 0 Å². The van der Waals surface area contributed by atoms with Crippen LogP contribution >= 0.6 is 0 Å². The SMILES string of the molecule is CC(=N[C@@H](CC(C)C(=O)OCc1ccccc1)C(=O)O)C1=C(O)CC(C)(C)CC1=O. The monoisotopic (exact) mass is 415 g/mol. The van der Waals surface area contributed by atoms with Gasteiger partial charge in [-0.1, -0.05) is 51.1 Å². The molecular formula is C23H29NO6. The Morgan fingerprint density at radius 3 is 2.40 bits per heavy atom. The average molecular weight is 415 g/mol. The summed E-state index contributed by atoms with van der Waals surface area (Å²) in [6.45, 7) is 6.96. The third-order valence-electron chi connectivity index (χ3n) is 5.05. The molecule has 0 saturated carbocycles. The van der Waals surface area contributed by atoms with Crippen molar-refractivity contribution in [1.29, 1.82) is 0 Å². The number of carboxylic acid groups (broad SMARTS) is 1. The number of allylic oxidation sites excluding steroid dienone is 2. The van der Waals surface area contributed by atoms with E-state index in [9.17, 15) is 24.6 Å². The number of carbonyl (C=O) groups is 3. The molecule has 0 saturated heterocycles. The minimum atomic E-state index is -1.23. The number of aliphatic hydroxyl groups excluding tert-OH is 1. The normalized spacial score (nSPS) is 18.7. The van der Waals surface area contributed by atoms with Crippen LogP contribution in [0.1, 0.15) is 52.5 Å². The van der Waals surface area contributed by atoms with Crippen LogP contribution in [0.5, 0.6) is 0 Å². The lowest BCUT2D eigenvalue weighted by atomic mass is 9.75. The van der Waals surface area contributed by atoms with Crippen molar-refractivity contribution in [3.05, 3.63) is 47.2 Å². The molecule has 0 fully saturated rings. The Labute approximate surface area is 176 Å². The zero-order valence-corrected chi connectivity index (χ0v) is 17.8. The topological polar surface area (TPSA) is 113 Å². The molecule has 2 N–H and O–H groups in total. The molecule has 1 aromatic rings. The molecule has 0 radical (unpaired) electrons. The van der Waals surface area contributed by atoms with Crippen molar-refractivity contribution in [2.45, 2.75) is 59.6 Å². The van der Waals surface area contributed by atoms with Gasteiger partial charge in [0.15, 0.2) is 5.78 Å². The molecule has 162 valence electrons. The summed E-state index contributed by atoms with van der Waals surface area (Å²) in [5.41, 5.74) is 0.738. The fraction of sp³-hybridized carbons (Fsp3) is 0.478. The fourth-order valence-corrected chi connectivity index (χ4v) is 3.51. The van der Waals surface area contributed by atoms with Crippen molar-refractivity contribution in [2.24, 2.45) is 16.3 Å². The molecule has 1 aliphatic rings. The Hall–Kier alpha value is -2.96. The van der Waals surface area contributed by atoms with Gasteiger partial charge in [0.25, 0.3) is 0 Å². The number of ether oxygens (including phenoxy) is 1. The third-order valence-corrected chi connectivity index (χ3v) is 5.05. The van der Waals surface area contributed by atoms with E-state index in [0.29, 0.717) is 6.42 Å². The molecule has 7 nitrogen and oxygen atoms in total. The van der Waals surface area contributed by atoms with Crippen LogP contribution in [0.2, 0.25) is 0 Å². The highest BCUT2D eigenvalue weighted by Crippen LogP contribution is 2.36. The van der Waals surface area contributed by atoms with E-state index in [1.165, 1.54) is 6.92 Å². The predicted octanol–water partition coefficient (Wildman–Crippen LogP) is 3.87. The third kappa shape index (κ3) is 6.27. The first-order valence-corrected chi connectivity index (χ1v) is 9.93. The summed E-state index contributed by atoms with van der Waals surface area (Å²) >= 11 is 0. The Kier molecular flexibility index (Phi) is 7.54. The Morgan fingerprint density at radius 2 is 1.83 bits per heavy atom. The van der Waals surface area contributed by atoms with Gasteiger partial charge < -0.3 is 14.9 Å². The van der Waals surface area contributed by atoms with Gasteiger partial charge in [0, 0.05) is 18.6 Å². The lowest BCUT2D eigenvalue weighted by molar-refractivity contribution is -0.150. The number of hydrogen-bond donors (Lipinski definition) is 2. The molecule has 0 spiro atoms. The van der Waals surface area contributed by atoms with Crippen molar-refractivity contribution >= 4 is 23.4 Å². The second-order valence-electron chi connectivity index (χ2n) is 8.56. The molecular weight excluding hydrogens is 386 g/mol. The van der Waals surface area contributed by atoms with Gasteiger partial charge in [-0.3, -0.25) is 14.6 Å². The molecule has 7 heteroatoms. The van der Waals surface area contributed by atoms with E-state index in [1.807, 2.05) is 44.2 Å². The molecule has 0 heterocycles. The number of aliphatic carboxylic acids is 1. The van der Waals surface area contributed by atoms with Gasteiger partial charge in [0.2, 0.25) is 0 Å². The van der Waals surface area contributed by atoms with E-state index >= 15 is 0 Å². The van der Waals surface area contributed by atoms with E-state index in [4.69, 9.17) is 4.74 Å². The largest absolute Gasteiger partial charge is 0.511 e. The van der Waals surface area contributed by atoms with Gasteiger partial charge in [-0.15, -0.1) is 0 Å². The molecule has 2 rings (SSSR count). The Morgan fingerprint density at radius 1 is 1.20 bits per heavy atom. The van der Waals surface area contributed by atoms with Crippen LogP contribution < -0.4 is 0 Å². The van der Waals surface area contributed by atoms with Gasteiger partial charge in [-0.2, -0.15) is 0 Å². The first-order chi connectivity index (χ1) is 14.0. The standard InChI is InChI=1S/C23H29NO6/c1-14(22(29)30-13-16-8-6-5-7-9-16)10-17(21(27)28)24-15(2)20-18(25)11-23(3,4)12-19(20)26/h5-9,14,17,25H,10-13H2,1-4H3,(H,27,28)/t14?,17-/m0/s1. The van der Waals surface area contributed by atoms with Crippen molar-refractivity contribution < 1.29 is 29.3 Å². The van der Waals surface area contributed by atoms with E-state index < -0.39 is 23.9 Å². The maximum Gasteiger partial charge on any atom is 0.328 e. The summed E-state index contributed by atoms with van der Waals surface area (Å²) in [6.07, 6.45) is 0.494. The summed E-state index contributed by atoms with van der Waals surface area (Å²) in [5, 5.41) is 19.9. The Balaban J connectivity index is 2.08. The van der Waals surface area contributed by atoms with Gasteiger partial charge in [-0.25, -0.2) is 4.79 Å². The minimum Gasteiger partial charge on any atom is -0.511 e. The van der Waals surface area contributed by atoms with E-state index in [0.717, 1.165) is 5.56 Å². The highest BCUT2D eigenvalue weighted by Gasteiger charge is 2.35. The van der Waals surface area contributed by atoms with Gasteiger partial charge >= 0.3 is 11.9 Å². The maximum absolute atomic E-state index is 12.4. The van der Waals surface area contributed by atoms with Gasteiger partial charge in [0.1, 0.15) is 18.4 Å². The molecule has 2 atom stereocenters. The van der Waals surface area contributed by atoms with Crippen LogP contribution in [-0.2, 0) is 25.7 Å². The summed E-state index contributed by atoms with van der Waals surface area (Å²) in [7, 11) is 0. The molecule has 0 aliphatic heterocycles. The zero-order chi connectivity index (χ0) is 22.5. The van der Waals surface area contributed by atoms with Crippen LogP contribution in [0, 0.1) is 11.3 Å². The minimum absolute atomic E-state index is 0.0723. The number of aliphatic hydroxyl groups is 1. The lowest BCUT2D eigenvalue weighted by Gasteiger charge is -2.29. The molecule has 0 aromatic heterocycles. The number of esters is 1. The number of rotatable bonds is 8. The summed E-state index contributed by atoms with van der Waals surface area (Å²) in [5.74, 6) is -2.76. The summed E-state index contributed by atoms with van der Waals surface area (Å²) < 4.78 is 5.27. The van der Waals surface area contributed by atoms with Crippen molar-refractivity contribution in [1.82, 2.24) is 0 Å². The number of Topliss-reactive ketones (excluding diaryl/α,β-unsaturated/α-hetero) is 1. The van der Waals surface area contributed by atoms with E-state index in [1.54, 1.807) is 6.92 Å². The molecule has 1 aliphatic carbocycles. The summed E-state index contributed by atoms with van der Waals surface area (Å²) in [4.78, 5) is 40.6. The quantitative estimate of drug-likeness (QED) is 0.492. The van der Waals surface area contributed by atoms with Crippen LogP contribution in [0.25, 0.3) is 0 Å². The molecule has 30 heavy (non-hydrogen) atoms. The molecule has 1 aromatic carbocycles. The predicted molar refractivity (Wildman–Crippen MR) is 112 cm³/mol. The number of nitrogens with zero attached hydrogens (tertiary/aromatic N) is 1. The number of ketones is 1.